The summed E-state index contributed by atoms with van der Waals surface area (Å²) in [7, 11) is 0. The van der Waals surface area contributed by atoms with Gasteiger partial charge in [0.25, 0.3) is 5.89 Å². The second-order valence-corrected chi connectivity index (χ2v) is 5.51. The molecule has 6 nitrogen and oxygen atoms in total. The van der Waals surface area contributed by atoms with Gasteiger partial charge in [-0.2, -0.15) is 4.98 Å². The maximum absolute atomic E-state index is 10.1. The van der Waals surface area contributed by atoms with E-state index in [2.05, 4.69) is 10.1 Å². The van der Waals surface area contributed by atoms with Crippen molar-refractivity contribution < 1.29 is 18.8 Å². The summed E-state index contributed by atoms with van der Waals surface area (Å²) in [5, 5.41) is 13.9. The molecule has 6 heteroatoms. The van der Waals surface area contributed by atoms with Crippen molar-refractivity contribution in [2.24, 2.45) is 0 Å². The van der Waals surface area contributed by atoms with Gasteiger partial charge in [-0.1, -0.05) is 17.3 Å². The highest BCUT2D eigenvalue weighted by atomic mass is 16.5. The summed E-state index contributed by atoms with van der Waals surface area (Å²) in [6.07, 6.45) is 3.81. The third-order valence-electron chi connectivity index (χ3n) is 3.99. The fourth-order valence-electron chi connectivity index (χ4n) is 2.88. The molecule has 2 aromatic heterocycles. The average molecular weight is 312 g/mol. The van der Waals surface area contributed by atoms with Gasteiger partial charge in [0.1, 0.15) is 5.75 Å². The predicted octanol–water partition coefficient (Wildman–Crippen LogP) is 3.28. The third-order valence-corrected chi connectivity index (χ3v) is 3.99. The second kappa shape index (κ2) is 5.89. The summed E-state index contributed by atoms with van der Waals surface area (Å²) >= 11 is 0. The van der Waals surface area contributed by atoms with Crippen LogP contribution < -0.4 is 4.74 Å². The fraction of sp³-hybridized carbons (Fsp3) is 0.294. The van der Waals surface area contributed by atoms with E-state index in [9.17, 15) is 5.11 Å². The molecule has 1 aliphatic carbocycles. The van der Waals surface area contributed by atoms with E-state index in [0.29, 0.717) is 17.5 Å². The largest absolute Gasteiger partial charge is 0.483 e. The van der Waals surface area contributed by atoms with Crippen LogP contribution in [0, 0.1) is 0 Å². The van der Waals surface area contributed by atoms with Crippen molar-refractivity contribution >= 4 is 0 Å². The van der Waals surface area contributed by atoms with Gasteiger partial charge in [-0.3, -0.25) is 0 Å². The molecule has 0 saturated heterocycles. The van der Waals surface area contributed by atoms with Crippen LogP contribution in [-0.2, 0) is 13.0 Å². The first-order valence-electron chi connectivity index (χ1n) is 7.60. The number of furan rings is 1. The summed E-state index contributed by atoms with van der Waals surface area (Å²) in [4.78, 5) is 4.25. The first kappa shape index (κ1) is 14.0. The Hall–Kier alpha value is -2.60. The number of aliphatic hydroxyl groups is 1. The maximum atomic E-state index is 10.1. The minimum absolute atomic E-state index is 0.181. The monoisotopic (exact) mass is 312 g/mol. The van der Waals surface area contributed by atoms with E-state index in [1.165, 1.54) is 0 Å². The maximum Gasteiger partial charge on any atom is 0.264 e. The molecule has 1 aliphatic rings. The van der Waals surface area contributed by atoms with E-state index < -0.39 is 6.10 Å². The van der Waals surface area contributed by atoms with E-state index in [4.69, 9.17) is 13.7 Å². The highest BCUT2D eigenvalue weighted by Gasteiger charge is 2.21. The van der Waals surface area contributed by atoms with Crippen molar-refractivity contribution in [1.29, 1.82) is 0 Å². The molecule has 0 saturated carbocycles. The predicted molar refractivity (Wildman–Crippen MR) is 80.7 cm³/mol. The summed E-state index contributed by atoms with van der Waals surface area (Å²) in [5.74, 6) is 2.10. The Morgan fingerprint density at radius 1 is 1.26 bits per heavy atom. The van der Waals surface area contributed by atoms with Crippen LogP contribution in [0.3, 0.4) is 0 Å². The Balaban J connectivity index is 1.51. The van der Waals surface area contributed by atoms with Crippen molar-refractivity contribution in [3.63, 3.8) is 0 Å². The molecule has 0 radical (unpaired) electrons. The van der Waals surface area contributed by atoms with Gasteiger partial charge in [0, 0.05) is 0 Å². The van der Waals surface area contributed by atoms with Gasteiger partial charge in [0.2, 0.25) is 5.82 Å². The number of nitrogens with zero attached hydrogens (tertiary/aromatic N) is 2. The van der Waals surface area contributed by atoms with Crippen molar-refractivity contribution in [3.05, 3.63) is 53.6 Å². The molecule has 1 atom stereocenters. The Morgan fingerprint density at radius 3 is 3.09 bits per heavy atom. The van der Waals surface area contributed by atoms with Crippen LogP contribution in [0.2, 0.25) is 0 Å². The topological polar surface area (TPSA) is 81.5 Å². The normalized spacial score (nSPS) is 17.0. The second-order valence-electron chi connectivity index (χ2n) is 5.51. The van der Waals surface area contributed by atoms with Crippen LogP contribution in [0.5, 0.6) is 5.75 Å². The number of fused-ring (bicyclic) bond motifs is 1. The van der Waals surface area contributed by atoms with E-state index >= 15 is 0 Å². The van der Waals surface area contributed by atoms with Crippen LogP contribution in [0.25, 0.3) is 11.6 Å². The minimum Gasteiger partial charge on any atom is -0.483 e. The first-order valence-corrected chi connectivity index (χ1v) is 7.60. The lowest BCUT2D eigenvalue weighted by Gasteiger charge is -2.23. The Morgan fingerprint density at radius 2 is 2.22 bits per heavy atom. The standard InChI is InChI=1S/C17H16N2O4/c20-13-6-1-5-12-11(13)4-2-7-14(12)22-10-16-18-17(19-23-16)15-8-3-9-21-15/h2-4,7-9,13,20H,1,5-6,10H2/t13-/m1/s1. The van der Waals surface area contributed by atoms with E-state index in [-0.39, 0.29) is 6.61 Å². The zero-order chi connectivity index (χ0) is 15.6. The number of hydrogen-bond acceptors (Lipinski definition) is 6. The van der Waals surface area contributed by atoms with Crippen molar-refractivity contribution in [2.75, 3.05) is 0 Å². The van der Waals surface area contributed by atoms with E-state index in [1.807, 2.05) is 18.2 Å². The van der Waals surface area contributed by atoms with Gasteiger partial charge in [-0.05, 0) is 48.6 Å². The Labute approximate surface area is 132 Å². The molecule has 0 spiro atoms. The fourth-order valence-corrected chi connectivity index (χ4v) is 2.88. The van der Waals surface area contributed by atoms with Crippen LogP contribution in [-0.4, -0.2) is 15.2 Å². The Kier molecular flexibility index (Phi) is 3.59. The third kappa shape index (κ3) is 2.73. The molecule has 1 aromatic carbocycles. The molecule has 118 valence electrons. The molecule has 0 unspecified atom stereocenters. The highest BCUT2D eigenvalue weighted by molar-refractivity contribution is 5.45. The molecule has 23 heavy (non-hydrogen) atoms. The highest BCUT2D eigenvalue weighted by Crippen LogP contribution is 2.35. The molecule has 4 rings (SSSR count). The van der Waals surface area contributed by atoms with Gasteiger partial charge in [0.15, 0.2) is 12.4 Å². The SMILES string of the molecule is O[C@@H]1CCCc2c(OCc3nc(-c4ccco4)no3)cccc21. The molecule has 2 heterocycles. The van der Waals surface area contributed by atoms with E-state index in [1.54, 1.807) is 18.4 Å². The average Bonchev–Trinajstić information content (AvgIpc) is 3.25. The number of hydrogen-bond donors (Lipinski definition) is 1. The van der Waals surface area contributed by atoms with Crippen LogP contribution in [0.15, 0.2) is 45.5 Å². The summed E-state index contributed by atoms with van der Waals surface area (Å²) in [5.41, 5.74) is 2.02. The number of aliphatic hydroxyl groups excluding tert-OH is 1. The molecular formula is C17H16N2O4. The lowest BCUT2D eigenvalue weighted by atomic mass is 9.89. The minimum atomic E-state index is -0.406. The molecule has 0 bridgehead atoms. The van der Waals surface area contributed by atoms with Gasteiger partial charge < -0.3 is 18.8 Å². The van der Waals surface area contributed by atoms with E-state index in [0.717, 1.165) is 36.1 Å². The summed E-state index contributed by atoms with van der Waals surface area (Å²) in [6, 6.07) is 9.28. The zero-order valence-electron chi connectivity index (χ0n) is 12.4. The van der Waals surface area contributed by atoms with Gasteiger partial charge in [-0.15, -0.1) is 0 Å². The van der Waals surface area contributed by atoms with Gasteiger partial charge in [0.05, 0.1) is 12.4 Å². The Bertz CT molecular complexity index is 795. The summed E-state index contributed by atoms with van der Waals surface area (Å²) < 4.78 is 16.2. The van der Waals surface area contributed by atoms with Crippen molar-refractivity contribution in [3.8, 4) is 17.3 Å². The van der Waals surface area contributed by atoms with Gasteiger partial charge >= 0.3 is 0 Å². The molecule has 0 amide bonds. The molecule has 1 N–H and O–H groups in total. The summed E-state index contributed by atoms with van der Waals surface area (Å²) in [6.45, 7) is 0.181. The van der Waals surface area contributed by atoms with Gasteiger partial charge in [-0.25, -0.2) is 0 Å². The van der Waals surface area contributed by atoms with Crippen molar-refractivity contribution in [2.45, 2.75) is 32.0 Å². The molecule has 0 aliphatic heterocycles. The lowest BCUT2D eigenvalue weighted by Crippen LogP contribution is -2.11. The number of aromatic nitrogens is 2. The molecule has 3 aromatic rings. The number of ether oxygens (including phenoxy) is 1. The number of rotatable bonds is 4. The first-order chi connectivity index (χ1) is 11.3. The van der Waals surface area contributed by atoms with Crippen LogP contribution in [0.1, 0.15) is 36.0 Å². The lowest BCUT2D eigenvalue weighted by molar-refractivity contribution is 0.154. The zero-order valence-corrected chi connectivity index (χ0v) is 12.4. The van der Waals surface area contributed by atoms with Crippen LogP contribution in [0.4, 0.5) is 0 Å². The molecule has 0 fully saturated rings. The van der Waals surface area contributed by atoms with Crippen LogP contribution >= 0.6 is 0 Å². The molecular weight excluding hydrogens is 296 g/mol. The quantitative estimate of drug-likeness (QED) is 0.796. The number of benzene rings is 1. The smallest absolute Gasteiger partial charge is 0.264 e. The van der Waals surface area contributed by atoms with Crippen molar-refractivity contribution in [1.82, 2.24) is 10.1 Å².